The monoisotopic (exact) mass is 271 g/mol. The van der Waals surface area contributed by atoms with Gasteiger partial charge in [0, 0.05) is 51.9 Å². The van der Waals surface area contributed by atoms with Crippen LogP contribution in [0.1, 0.15) is 29.9 Å². The van der Waals surface area contributed by atoms with E-state index >= 15 is 0 Å². The third-order valence-electron chi connectivity index (χ3n) is 5.07. The Morgan fingerprint density at radius 1 is 1.05 bits per heavy atom. The Bertz CT molecular complexity index is 457. The number of hydrogen-bond acceptors (Lipinski definition) is 3. The molecule has 2 aliphatic heterocycles. The van der Waals surface area contributed by atoms with Gasteiger partial charge in [-0.15, -0.1) is 0 Å². The smallest absolute Gasteiger partial charge is 0.0351 e. The third-order valence-corrected chi connectivity index (χ3v) is 5.07. The predicted molar refractivity (Wildman–Crippen MR) is 81.9 cm³/mol. The number of nitrogens with one attached hydrogen (secondary N) is 1. The number of benzene rings is 1. The maximum absolute atomic E-state index is 3.44. The van der Waals surface area contributed by atoms with Crippen LogP contribution in [0.4, 0.5) is 0 Å². The average molecular weight is 271 g/mol. The molecule has 2 heterocycles. The van der Waals surface area contributed by atoms with Crippen LogP contribution in [0.3, 0.4) is 0 Å². The summed E-state index contributed by atoms with van der Waals surface area (Å²) in [6.45, 7) is 8.49. The lowest BCUT2D eigenvalue weighted by molar-refractivity contribution is 0.0221. The summed E-state index contributed by atoms with van der Waals surface area (Å²) >= 11 is 0. The van der Waals surface area contributed by atoms with Crippen molar-refractivity contribution in [3.05, 3.63) is 35.4 Å². The van der Waals surface area contributed by atoms with Crippen molar-refractivity contribution in [3.8, 4) is 0 Å². The summed E-state index contributed by atoms with van der Waals surface area (Å²) < 4.78 is 0. The first-order chi connectivity index (χ1) is 9.90. The number of hydrogen-bond donors (Lipinski definition) is 1. The number of piperazine rings is 1. The van der Waals surface area contributed by atoms with Gasteiger partial charge in [0.1, 0.15) is 0 Å². The third kappa shape index (κ3) is 2.62. The second kappa shape index (κ2) is 5.47. The molecular formula is C17H25N3. The van der Waals surface area contributed by atoms with Gasteiger partial charge in [0.2, 0.25) is 0 Å². The molecule has 3 nitrogen and oxygen atoms in total. The van der Waals surface area contributed by atoms with Gasteiger partial charge in [-0.25, -0.2) is 0 Å². The Morgan fingerprint density at radius 2 is 1.80 bits per heavy atom. The van der Waals surface area contributed by atoms with Crippen molar-refractivity contribution in [3.63, 3.8) is 0 Å². The minimum Gasteiger partial charge on any atom is -0.314 e. The van der Waals surface area contributed by atoms with E-state index in [0.29, 0.717) is 0 Å². The highest BCUT2D eigenvalue weighted by Crippen LogP contribution is 2.42. The second-order valence-electron chi connectivity index (χ2n) is 6.61. The molecule has 2 saturated heterocycles. The predicted octanol–water partition coefficient (Wildman–Crippen LogP) is 1.65. The largest absolute Gasteiger partial charge is 0.314 e. The van der Waals surface area contributed by atoms with Crippen LogP contribution in [0.25, 0.3) is 0 Å². The second-order valence-corrected chi connectivity index (χ2v) is 6.61. The molecule has 0 radical (unpaired) electrons. The van der Waals surface area contributed by atoms with Crippen LogP contribution in [-0.2, 0) is 6.54 Å². The minimum atomic E-state index is 0.810. The van der Waals surface area contributed by atoms with Crippen LogP contribution in [0, 0.1) is 0 Å². The van der Waals surface area contributed by atoms with Crippen molar-refractivity contribution >= 4 is 0 Å². The quantitative estimate of drug-likeness (QED) is 0.898. The lowest BCUT2D eigenvalue weighted by Crippen LogP contribution is -2.62. The number of likely N-dealkylation sites (tertiary alicyclic amines) is 1. The first kappa shape index (κ1) is 12.8. The van der Waals surface area contributed by atoms with Crippen molar-refractivity contribution < 1.29 is 0 Å². The highest BCUT2D eigenvalue weighted by Gasteiger charge is 2.33. The fourth-order valence-corrected chi connectivity index (χ4v) is 3.66. The molecular weight excluding hydrogens is 246 g/mol. The van der Waals surface area contributed by atoms with E-state index in [1.54, 1.807) is 11.1 Å². The summed E-state index contributed by atoms with van der Waals surface area (Å²) in [6.07, 6.45) is 2.81. The standard InChI is InChI=1S/C17H25N3/c1-2-4-17(14-5-6-14)15(3-1)11-19-12-16(13-19)20-9-7-18-8-10-20/h1-4,14,16,18H,5-13H2. The molecule has 0 unspecified atom stereocenters. The van der Waals surface area contributed by atoms with Crippen molar-refractivity contribution in [2.45, 2.75) is 31.3 Å². The van der Waals surface area contributed by atoms with Gasteiger partial charge in [-0.1, -0.05) is 24.3 Å². The first-order valence-electron chi connectivity index (χ1n) is 8.15. The normalized spacial score (nSPS) is 25.6. The van der Waals surface area contributed by atoms with E-state index in [1.165, 1.54) is 52.1 Å². The summed E-state index contributed by atoms with van der Waals surface area (Å²) in [5.74, 6) is 0.872. The lowest BCUT2D eigenvalue weighted by atomic mass is 10.00. The molecule has 0 bridgehead atoms. The van der Waals surface area contributed by atoms with E-state index in [-0.39, 0.29) is 0 Å². The van der Waals surface area contributed by atoms with Gasteiger partial charge in [-0.2, -0.15) is 0 Å². The van der Waals surface area contributed by atoms with Gasteiger partial charge in [0.25, 0.3) is 0 Å². The van der Waals surface area contributed by atoms with E-state index in [2.05, 4.69) is 39.4 Å². The Kier molecular flexibility index (Phi) is 3.51. The molecule has 0 aromatic heterocycles. The maximum Gasteiger partial charge on any atom is 0.0351 e. The van der Waals surface area contributed by atoms with E-state index < -0.39 is 0 Å². The lowest BCUT2D eigenvalue weighted by Gasteiger charge is -2.47. The highest BCUT2D eigenvalue weighted by molar-refractivity contribution is 5.33. The minimum absolute atomic E-state index is 0.810. The van der Waals surface area contributed by atoms with Crippen molar-refractivity contribution in [1.29, 1.82) is 0 Å². The molecule has 1 saturated carbocycles. The maximum atomic E-state index is 3.44. The molecule has 3 fully saturated rings. The van der Waals surface area contributed by atoms with E-state index in [0.717, 1.165) is 18.5 Å². The molecule has 1 aromatic rings. The van der Waals surface area contributed by atoms with Crippen LogP contribution in [-0.4, -0.2) is 55.1 Å². The molecule has 3 heteroatoms. The molecule has 108 valence electrons. The summed E-state index contributed by atoms with van der Waals surface area (Å²) in [5.41, 5.74) is 3.20. The molecule has 0 amide bonds. The molecule has 1 N–H and O–H groups in total. The summed E-state index contributed by atoms with van der Waals surface area (Å²) in [6, 6.07) is 9.91. The summed E-state index contributed by atoms with van der Waals surface area (Å²) in [5, 5.41) is 3.44. The van der Waals surface area contributed by atoms with Crippen LogP contribution < -0.4 is 5.32 Å². The zero-order valence-electron chi connectivity index (χ0n) is 12.2. The van der Waals surface area contributed by atoms with Gasteiger partial charge in [0.05, 0.1) is 0 Å². The fraction of sp³-hybridized carbons (Fsp3) is 0.647. The molecule has 1 aromatic carbocycles. The SMILES string of the molecule is c1ccc(C2CC2)c(CN2CC(N3CCNCC3)C2)c1. The van der Waals surface area contributed by atoms with Gasteiger partial charge < -0.3 is 5.32 Å². The van der Waals surface area contributed by atoms with Crippen LogP contribution in [0.2, 0.25) is 0 Å². The van der Waals surface area contributed by atoms with E-state index in [9.17, 15) is 0 Å². The Balaban J connectivity index is 1.33. The Morgan fingerprint density at radius 3 is 2.55 bits per heavy atom. The molecule has 1 aliphatic carbocycles. The van der Waals surface area contributed by atoms with Crippen LogP contribution in [0.5, 0.6) is 0 Å². The zero-order chi connectivity index (χ0) is 13.4. The van der Waals surface area contributed by atoms with Gasteiger partial charge >= 0.3 is 0 Å². The molecule has 3 aliphatic rings. The van der Waals surface area contributed by atoms with E-state index in [1.807, 2.05) is 0 Å². The summed E-state index contributed by atoms with van der Waals surface area (Å²) in [7, 11) is 0. The molecule has 20 heavy (non-hydrogen) atoms. The molecule has 0 spiro atoms. The van der Waals surface area contributed by atoms with Crippen LogP contribution >= 0.6 is 0 Å². The van der Waals surface area contributed by atoms with Crippen molar-refractivity contribution in [1.82, 2.24) is 15.1 Å². The highest BCUT2D eigenvalue weighted by atomic mass is 15.3. The van der Waals surface area contributed by atoms with Gasteiger partial charge in [-0.05, 0) is 29.9 Å². The summed E-state index contributed by atoms with van der Waals surface area (Å²) in [4.78, 5) is 5.29. The number of nitrogens with zero attached hydrogens (tertiary/aromatic N) is 2. The van der Waals surface area contributed by atoms with Crippen molar-refractivity contribution in [2.75, 3.05) is 39.3 Å². The van der Waals surface area contributed by atoms with Crippen LogP contribution in [0.15, 0.2) is 24.3 Å². The van der Waals surface area contributed by atoms with Gasteiger partial charge in [0.15, 0.2) is 0 Å². The van der Waals surface area contributed by atoms with Crippen molar-refractivity contribution in [2.24, 2.45) is 0 Å². The first-order valence-corrected chi connectivity index (χ1v) is 8.15. The Hall–Kier alpha value is -0.900. The zero-order valence-corrected chi connectivity index (χ0v) is 12.2. The van der Waals surface area contributed by atoms with E-state index in [4.69, 9.17) is 0 Å². The number of rotatable bonds is 4. The molecule has 0 atom stereocenters. The van der Waals surface area contributed by atoms with Gasteiger partial charge in [-0.3, -0.25) is 9.80 Å². The fourth-order valence-electron chi connectivity index (χ4n) is 3.66. The average Bonchev–Trinajstić information content (AvgIpc) is 3.28. The molecule has 4 rings (SSSR count). The Labute approximate surface area is 121 Å². The topological polar surface area (TPSA) is 18.5 Å².